The van der Waals surface area contributed by atoms with Gasteiger partial charge < -0.3 is 20.3 Å². The van der Waals surface area contributed by atoms with Crippen LogP contribution < -0.4 is 5.32 Å². The Morgan fingerprint density at radius 1 is 1.26 bits per heavy atom. The van der Waals surface area contributed by atoms with E-state index in [1.54, 1.807) is 0 Å². The van der Waals surface area contributed by atoms with Crippen molar-refractivity contribution in [1.29, 1.82) is 0 Å². The van der Waals surface area contributed by atoms with Crippen molar-refractivity contribution in [2.24, 2.45) is 5.41 Å². The Balaban J connectivity index is 2.05. The van der Waals surface area contributed by atoms with Gasteiger partial charge in [0.2, 0.25) is 0 Å². The van der Waals surface area contributed by atoms with E-state index in [2.05, 4.69) is 19.2 Å². The third kappa shape index (κ3) is 7.88. The molecule has 4 heteroatoms. The summed E-state index contributed by atoms with van der Waals surface area (Å²) in [5, 5.41) is 22.1. The van der Waals surface area contributed by atoms with Gasteiger partial charge in [0.15, 0.2) is 0 Å². The van der Waals surface area contributed by atoms with Crippen molar-refractivity contribution in [2.75, 3.05) is 26.3 Å². The Labute approximate surface area is 117 Å². The normalized spacial score (nSPS) is 19.6. The summed E-state index contributed by atoms with van der Waals surface area (Å²) in [5.74, 6) is 0. The molecule has 0 aromatic carbocycles. The van der Waals surface area contributed by atoms with E-state index in [9.17, 15) is 5.11 Å². The van der Waals surface area contributed by atoms with E-state index >= 15 is 0 Å². The van der Waals surface area contributed by atoms with Crippen molar-refractivity contribution < 1.29 is 14.9 Å². The topological polar surface area (TPSA) is 61.7 Å². The van der Waals surface area contributed by atoms with E-state index in [0.717, 1.165) is 25.8 Å². The molecule has 0 amide bonds. The van der Waals surface area contributed by atoms with Crippen LogP contribution in [-0.2, 0) is 4.74 Å². The number of aliphatic hydroxyl groups excluding tert-OH is 2. The average molecular weight is 273 g/mol. The lowest BCUT2D eigenvalue weighted by Gasteiger charge is -2.26. The number of ether oxygens (including phenoxy) is 1. The van der Waals surface area contributed by atoms with E-state index in [4.69, 9.17) is 9.84 Å². The lowest BCUT2D eigenvalue weighted by Crippen LogP contribution is -2.37. The molecule has 0 aromatic rings. The highest BCUT2D eigenvalue weighted by atomic mass is 16.5. The molecule has 1 atom stereocenters. The molecule has 4 nitrogen and oxygen atoms in total. The van der Waals surface area contributed by atoms with Gasteiger partial charge in [-0.25, -0.2) is 0 Å². The summed E-state index contributed by atoms with van der Waals surface area (Å²) < 4.78 is 5.74. The number of aliphatic hydroxyl groups is 2. The van der Waals surface area contributed by atoms with Crippen LogP contribution in [0.15, 0.2) is 0 Å². The zero-order chi connectivity index (χ0) is 14.1. The van der Waals surface area contributed by atoms with Gasteiger partial charge in [-0.05, 0) is 24.7 Å². The molecule has 0 radical (unpaired) electrons. The van der Waals surface area contributed by atoms with Gasteiger partial charge in [0.25, 0.3) is 0 Å². The molecule has 0 spiro atoms. The molecule has 1 aliphatic rings. The molecule has 19 heavy (non-hydrogen) atoms. The molecule has 1 unspecified atom stereocenters. The molecule has 1 saturated carbocycles. The van der Waals surface area contributed by atoms with Crippen molar-refractivity contribution in [1.82, 2.24) is 5.32 Å². The maximum atomic E-state index is 9.87. The van der Waals surface area contributed by atoms with E-state index in [0.29, 0.717) is 19.3 Å². The molecule has 0 bridgehead atoms. The first-order chi connectivity index (χ1) is 9.03. The lowest BCUT2D eigenvalue weighted by molar-refractivity contribution is -0.0234. The van der Waals surface area contributed by atoms with Crippen molar-refractivity contribution in [2.45, 2.75) is 64.6 Å². The molecule has 0 heterocycles. The van der Waals surface area contributed by atoms with Gasteiger partial charge in [0.1, 0.15) is 0 Å². The van der Waals surface area contributed by atoms with Gasteiger partial charge in [0.05, 0.1) is 18.8 Å². The van der Waals surface area contributed by atoms with E-state index in [1.807, 2.05) is 0 Å². The third-order valence-electron chi connectivity index (χ3n) is 3.85. The van der Waals surface area contributed by atoms with Crippen molar-refractivity contribution in [3.05, 3.63) is 0 Å². The maximum Gasteiger partial charge on any atom is 0.0897 e. The van der Waals surface area contributed by atoms with Crippen molar-refractivity contribution in [3.63, 3.8) is 0 Å². The zero-order valence-corrected chi connectivity index (χ0v) is 12.5. The van der Waals surface area contributed by atoms with Gasteiger partial charge in [0, 0.05) is 19.7 Å². The Morgan fingerprint density at radius 2 is 1.95 bits per heavy atom. The smallest absolute Gasteiger partial charge is 0.0897 e. The Hall–Kier alpha value is -0.160. The van der Waals surface area contributed by atoms with Gasteiger partial charge in [-0.3, -0.25) is 0 Å². The van der Waals surface area contributed by atoms with Crippen LogP contribution in [0.2, 0.25) is 0 Å². The van der Waals surface area contributed by atoms with Crippen LogP contribution in [0.5, 0.6) is 0 Å². The highest BCUT2D eigenvalue weighted by Gasteiger charge is 2.18. The first-order valence-corrected chi connectivity index (χ1v) is 7.65. The average Bonchev–Trinajstić information content (AvgIpc) is 2.37. The molecule has 1 aliphatic carbocycles. The fourth-order valence-electron chi connectivity index (χ4n) is 2.51. The molecule has 1 fully saturated rings. The predicted octanol–water partition coefficient (Wildman–Crippen LogP) is 1.69. The minimum Gasteiger partial charge on any atom is -0.396 e. The minimum absolute atomic E-state index is 0.0682. The summed E-state index contributed by atoms with van der Waals surface area (Å²) in [7, 11) is 0. The summed E-state index contributed by atoms with van der Waals surface area (Å²) >= 11 is 0. The number of hydrogen-bond acceptors (Lipinski definition) is 4. The van der Waals surface area contributed by atoms with E-state index in [1.165, 1.54) is 19.3 Å². The van der Waals surface area contributed by atoms with Gasteiger partial charge >= 0.3 is 0 Å². The van der Waals surface area contributed by atoms with Crippen LogP contribution in [0.25, 0.3) is 0 Å². The molecule has 1 rings (SSSR count). The largest absolute Gasteiger partial charge is 0.396 e. The van der Waals surface area contributed by atoms with Crippen LogP contribution in [-0.4, -0.2) is 48.7 Å². The summed E-state index contributed by atoms with van der Waals surface area (Å²) in [6.45, 7) is 6.22. The molecule has 0 aromatic heterocycles. The fraction of sp³-hybridized carbons (Fsp3) is 1.00. The van der Waals surface area contributed by atoms with Gasteiger partial charge in [-0.2, -0.15) is 0 Å². The Bertz CT molecular complexity index is 227. The zero-order valence-electron chi connectivity index (χ0n) is 12.5. The lowest BCUT2D eigenvalue weighted by atomic mass is 9.90. The second-order valence-corrected chi connectivity index (χ2v) is 6.52. The first-order valence-electron chi connectivity index (χ1n) is 7.65. The molecule has 0 saturated heterocycles. The molecule has 3 N–H and O–H groups in total. The van der Waals surface area contributed by atoms with E-state index in [-0.39, 0.29) is 12.0 Å². The third-order valence-corrected chi connectivity index (χ3v) is 3.85. The monoisotopic (exact) mass is 273 g/mol. The highest BCUT2D eigenvalue weighted by molar-refractivity contribution is 4.73. The van der Waals surface area contributed by atoms with Crippen LogP contribution in [0.3, 0.4) is 0 Å². The standard InChI is InChI=1S/C15H31NO3/c1-15(2,8-9-17)12-16-10-13(18)11-19-14-6-4-3-5-7-14/h13-14,16-18H,3-12H2,1-2H3. The first kappa shape index (κ1) is 16.9. The van der Waals surface area contributed by atoms with Gasteiger partial charge in [-0.15, -0.1) is 0 Å². The summed E-state index contributed by atoms with van der Waals surface area (Å²) in [4.78, 5) is 0. The Morgan fingerprint density at radius 3 is 2.58 bits per heavy atom. The number of rotatable bonds is 9. The summed E-state index contributed by atoms with van der Waals surface area (Å²) in [6.07, 6.45) is 6.82. The number of hydrogen-bond donors (Lipinski definition) is 3. The SMILES string of the molecule is CC(C)(CCO)CNCC(O)COC1CCCCC1. The van der Waals surface area contributed by atoms with Crippen LogP contribution in [0.4, 0.5) is 0 Å². The van der Waals surface area contributed by atoms with Crippen LogP contribution >= 0.6 is 0 Å². The predicted molar refractivity (Wildman–Crippen MR) is 77.2 cm³/mol. The molecular weight excluding hydrogens is 242 g/mol. The van der Waals surface area contributed by atoms with Crippen LogP contribution in [0.1, 0.15) is 52.4 Å². The minimum atomic E-state index is -0.438. The maximum absolute atomic E-state index is 9.87. The summed E-state index contributed by atoms with van der Waals surface area (Å²) in [6, 6.07) is 0. The molecule has 114 valence electrons. The van der Waals surface area contributed by atoms with E-state index < -0.39 is 6.10 Å². The summed E-state index contributed by atoms with van der Waals surface area (Å²) in [5.41, 5.74) is 0.0682. The second-order valence-electron chi connectivity index (χ2n) is 6.52. The quantitative estimate of drug-likeness (QED) is 0.598. The molecular formula is C15H31NO3. The highest BCUT2D eigenvalue weighted by Crippen LogP contribution is 2.20. The van der Waals surface area contributed by atoms with Crippen LogP contribution in [0, 0.1) is 5.41 Å². The second kappa shape index (κ2) is 8.90. The molecule has 0 aliphatic heterocycles. The van der Waals surface area contributed by atoms with Crippen molar-refractivity contribution in [3.8, 4) is 0 Å². The Kier molecular flexibility index (Phi) is 7.91. The van der Waals surface area contributed by atoms with Gasteiger partial charge in [-0.1, -0.05) is 33.1 Å². The fourth-order valence-corrected chi connectivity index (χ4v) is 2.51. The van der Waals surface area contributed by atoms with Crippen molar-refractivity contribution >= 4 is 0 Å². The number of nitrogens with one attached hydrogen (secondary N) is 1.